The van der Waals surface area contributed by atoms with Gasteiger partial charge in [-0.3, -0.25) is 14.4 Å². The van der Waals surface area contributed by atoms with Crippen LogP contribution < -0.4 is 16.0 Å². The van der Waals surface area contributed by atoms with Crippen molar-refractivity contribution >= 4 is 23.4 Å². The molecule has 3 rings (SSSR count). The molecule has 0 bridgehead atoms. The zero-order chi connectivity index (χ0) is 22.4. The second-order valence-electron chi connectivity index (χ2n) is 6.83. The highest BCUT2D eigenvalue weighted by Crippen LogP contribution is 2.13. The lowest BCUT2D eigenvalue weighted by molar-refractivity contribution is -0.139. The Hall–Kier alpha value is -4.01. The summed E-state index contributed by atoms with van der Waals surface area (Å²) in [4.78, 5) is 36.3. The standard InChI is InChI=1S/C22H21FN4O4/c1-13-19(14(2)31-27-13)12-25-22(30)21(29)24-11-15-5-3-8-18(9-15)26-20(28)16-6-4-7-17(23)10-16/h3-10H,11-12H2,1-2H3,(H,24,29)(H,25,30)(H,26,28). The molecule has 0 aliphatic heterocycles. The molecule has 1 heterocycles. The molecule has 160 valence electrons. The minimum atomic E-state index is -0.791. The normalized spacial score (nSPS) is 10.4. The number of halogens is 1. The maximum absolute atomic E-state index is 13.3. The third-order valence-corrected chi connectivity index (χ3v) is 4.54. The Morgan fingerprint density at radius 3 is 2.35 bits per heavy atom. The van der Waals surface area contributed by atoms with Gasteiger partial charge >= 0.3 is 11.8 Å². The molecule has 0 unspecified atom stereocenters. The lowest BCUT2D eigenvalue weighted by Crippen LogP contribution is -2.39. The van der Waals surface area contributed by atoms with Crippen LogP contribution in [0, 0.1) is 19.7 Å². The van der Waals surface area contributed by atoms with Crippen molar-refractivity contribution < 1.29 is 23.3 Å². The molecule has 31 heavy (non-hydrogen) atoms. The van der Waals surface area contributed by atoms with Gasteiger partial charge in [0.2, 0.25) is 0 Å². The van der Waals surface area contributed by atoms with Gasteiger partial charge < -0.3 is 20.5 Å². The Morgan fingerprint density at radius 1 is 0.968 bits per heavy atom. The van der Waals surface area contributed by atoms with Crippen LogP contribution in [0.5, 0.6) is 0 Å². The van der Waals surface area contributed by atoms with E-state index >= 15 is 0 Å². The zero-order valence-electron chi connectivity index (χ0n) is 17.0. The van der Waals surface area contributed by atoms with E-state index in [0.717, 1.165) is 11.6 Å². The van der Waals surface area contributed by atoms with Gasteiger partial charge in [0, 0.05) is 29.9 Å². The van der Waals surface area contributed by atoms with E-state index in [2.05, 4.69) is 21.1 Å². The fraction of sp³-hybridized carbons (Fsp3) is 0.182. The molecule has 8 nitrogen and oxygen atoms in total. The summed E-state index contributed by atoms with van der Waals surface area (Å²) in [5.74, 6) is -1.96. The number of amides is 3. The molecule has 3 N–H and O–H groups in total. The molecule has 0 saturated carbocycles. The Kier molecular flexibility index (Phi) is 6.76. The molecule has 2 aromatic carbocycles. The minimum Gasteiger partial charge on any atom is -0.361 e. The van der Waals surface area contributed by atoms with Crippen molar-refractivity contribution in [2.24, 2.45) is 0 Å². The number of nitrogens with zero attached hydrogens (tertiary/aromatic N) is 1. The van der Waals surface area contributed by atoms with Gasteiger partial charge in [-0.2, -0.15) is 0 Å². The van der Waals surface area contributed by atoms with Crippen molar-refractivity contribution in [3.63, 3.8) is 0 Å². The van der Waals surface area contributed by atoms with E-state index in [0.29, 0.717) is 22.7 Å². The first-order valence-electron chi connectivity index (χ1n) is 9.47. The monoisotopic (exact) mass is 424 g/mol. The van der Waals surface area contributed by atoms with E-state index in [1.807, 2.05) is 0 Å². The van der Waals surface area contributed by atoms with Gasteiger partial charge in [-0.05, 0) is 49.7 Å². The van der Waals surface area contributed by atoms with Crippen LogP contribution in [0.4, 0.5) is 10.1 Å². The first-order valence-corrected chi connectivity index (χ1v) is 9.47. The topological polar surface area (TPSA) is 113 Å². The average molecular weight is 424 g/mol. The van der Waals surface area contributed by atoms with Gasteiger partial charge in [0.1, 0.15) is 11.6 Å². The summed E-state index contributed by atoms with van der Waals surface area (Å²) in [6.07, 6.45) is 0. The van der Waals surface area contributed by atoms with Crippen molar-refractivity contribution in [2.45, 2.75) is 26.9 Å². The van der Waals surface area contributed by atoms with Gasteiger partial charge in [-0.1, -0.05) is 23.4 Å². The van der Waals surface area contributed by atoms with Gasteiger partial charge in [-0.25, -0.2) is 4.39 Å². The molecule has 0 spiro atoms. The second kappa shape index (κ2) is 9.66. The van der Waals surface area contributed by atoms with Gasteiger partial charge in [0.25, 0.3) is 5.91 Å². The number of aromatic nitrogens is 1. The fourth-order valence-electron chi connectivity index (χ4n) is 2.86. The molecule has 0 saturated heterocycles. The van der Waals surface area contributed by atoms with E-state index in [9.17, 15) is 18.8 Å². The van der Waals surface area contributed by atoms with Crippen LogP contribution in [0.3, 0.4) is 0 Å². The van der Waals surface area contributed by atoms with Gasteiger partial charge in [0.15, 0.2) is 0 Å². The number of hydrogen-bond acceptors (Lipinski definition) is 5. The fourth-order valence-corrected chi connectivity index (χ4v) is 2.86. The van der Waals surface area contributed by atoms with E-state index in [-0.39, 0.29) is 18.7 Å². The van der Waals surface area contributed by atoms with Crippen molar-refractivity contribution in [2.75, 3.05) is 5.32 Å². The van der Waals surface area contributed by atoms with Crippen LogP contribution in [-0.2, 0) is 22.7 Å². The molecule has 0 radical (unpaired) electrons. The van der Waals surface area contributed by atoms with Crippen LogP contribution in [0.2, 0.25) is 0 Å². The lowest BCUT2D eigenvalue weighted by Gasteiger charge is -2.09. The molecule has 0 aliphatic rings. The number of nitrogens with one attached hydrogen (secondary N) is 3. The third-order valence-electron chi connectivity index (χ3n) is 4.54. The molecule has 3 aromatic rings. The van der Waals surface area contributed by atoms with E-state index in [1.165, 1.54) is 18.2 Å². The number of carbonyl (C=O) groups excluding carboxylic acids is 3. The summed E-state index contributed by atoms with van der Waals surface area (Å²) in [5.41, 5.74) is 2.71. The second-order valence-corrected chi connectivity index (χ2v) is 6.83. The highest BCUT2D eigenvalue weighted by Gasteiger charge is 2.16. The van der Waals surface area contributed by atoms with Crippen LogP contribution in [-0.4, -0.2) is 22.9 Å². The number of hydrogen-bond donors (Lipinski definition) is 3. The number of rotatable bonds is 6. The zero-order valence-corrected chi connectivity index (χ0v) is 17.0. The first kappa shape index (κ1) is 21.7. The molecule has 0 fully saturated rings. The Balaban J connectivity index is 1.52. The number of aryl methyl sites for hydroxylation is 2. The average Bonchev–Trinajstić information content (AvgIpc) is 3.07. The summed E-state index contributed by atoms with van der Waals surface area (Å²) < 4.78 is 18.3. The van der Waals surface area contributed by atoms with Crippen molar-refractivity contribution in [1.82, 2.24) is 15.8 Å². The van der Waals surface area contributed by atoms with Crippen LogP contribution in [0.25, 0.3) is 0 Å². The van der Waals surface area contributed by atoms with Crippen LogP contribution in [0.1, 0.15) is 32.9 Å². The molecule has 3 amide bonds. The Labute approximate surface area is 177 Å². The Bertz CT molecular complexity index is 1110. The van der Waals surface area contributed by atoms with Crippen molar-refractivity contribution in [3.05, 3.63) is 82.5 Å². The van der Waals surface area contributed by atoms with E-state index < -0.39 is 23.5 Å². The molecule has 9 heteroatoms. The maximum Gasteiger partial charge on any atom is 0.309 e. The first-order chi connectivity index (χ1) is 14.8. The molecular weight excluding hydrogens is 403 g/mol. The maximum atomic E-state index is 13.3. The lowest BCUT2D eigenvalue weighted by atomic mass is 10.1. The molecular formula is C22H21FN4O4. The minimum absolute atomic E-state index is 0.0846. The summed E-state index contributed by atoms with van der Waals surface area (Å²) in [7, 11) is 0. The quantitative estimate of drug-likeness (QED) is 0.527. The summed E-state index contributed by atoms with van der Waals surface area (Å²) in [5, 5.41) is 11.5. The predicted octanol–water partition coefficient (Wildman–Crippen LogP) is 2.62. The van der Waals surface area contributed by atoms with Crippen LogP contribution in [0.15, 0.2) is 53.1 Å². The summed E-state index contributed by atoms with van der Waals surface area (Å²) in [6, 6.07) is 12.1. The largest absolute Gasteiger partial charge is 0.361 e. The van der Waals surface area contributed by atoms with Crippen molar-refractivity contribution in [3.8, 4) is 0 Å². The van der Waals surface area contributed by atoms with Crippen molar-refractivity contribution in [1.29, 1.82) is 0 Å². The smallest absolute Gasteiger partial charge is 0.309 e. The summed E-state index contributed by atoms with van der Waals surface area (Å²) >= 11 is 0. The molecule has 0 aliphatic carbocycles. The number of benzene rings is 2. The highest BCUT2D eigenvalue weighted by molar-refractivity contribution is 6.35. The third kappa shape index (κ3) is 5.75. The predicted molar refractivity (Wildman–Crippen MR) is 110 cm³/mol. The van der Waals surface area contributed by atoms with E-state index in [4.69, 9.17) is 4.52 Å². The van der Waals surface area contributed by atoms with Gasteiger partial charge in [-0.15, -0.1) is 0 Å². The summed E-state index contributed by atoms with van der Waals surface area (Å²) in [6.45, 7) is 3.69. The van der Waals surface area contributed by atoms with Gasteiger partial charge in [0.05, 0.1) is 5.69 Å². The highest BCUT2D eigenvalue weighted by atomic mass is 19.1. The number of anilines is 1. The molecule has 0 atom stereocenters. The number of carbonyl (C=O) groups is 3. The SMILES string of the molecule is Cc1noc(C)c1CNC(=O)C(=O)NCc1cccc(NC(=O)c2cccc(F)c2)c1. The Morgan fingerprint density at radius 2 is 1.68 bits per heavy atom. The molecule has 1 aromatic heterocycles. The van der Waals surface area contributed by atoms with E-state index in [1.54, 1.807) is 38.1 Å². The van der Waals surface area contributed by atoms with Crippen LogP contribution >= 0.6 is 0 Å².